The van der Waals surface area contributed by atoms with Crippen molar-refractivity contribution in [1.82, 2.24) is 19.8 Å². The standard InChI is InChI=1S/C18H16N6/c1-2-16(13-8-4-3-5-9-13)20-21-17-14-10-6-7-11-15(14)18-22-19-12-24(18)23-17/h3-12H,2H2,1H3,(H,21,23). The average molecular weight is 316 g/mol. The molecule has 0 aliphatic carbocycles. The van der Waals surface area contributed by atoms with Crippen LogP contribution in [0.25, 0.3) is 16.4 Å². The maximum Gasteiger partial charge on any atom is 0.185 e. The highest BCUT2D eigenvalue weighted by Gasteiger charge is 2.09. The van der Waals surface area contributed by atoms with E-state index in [-0.39, 0.29) is 0 Å². The fourth-order valence-electron chi connectivity index (χ4n) is 2.71. The minimum absolute atomic E-state index is 0.680. The fraction of sp³-hybridized carbons (Fsp3) is 0.111. The third-order valence-corrected chi connectivity index (χ3v) is 3.90. The van der Waals surface area contributed by atoms with E-state index in [0.29, 0.717) is 5.82 Å². The average Bonchev–Trinajstić information content (AvgIpc) is 3.12. The monoisotopic (exact) mass is 316 g/mol. The van der Waals surface area contributed by atoms with Crippen LogP contribution in [-0.4, -0.2) is 25.5 Å². The summed E-state index contributed by atoms with van der Waals surface area (Å²) in [7, 11) is 0. The highest BCUT2D eigenvalue weighted by atomic mass is 15.4. The van der Waals surface area contributed by atoms with Gasteiger partial charge in [-0.2, -0.15) is 9.62 Å². The van der Waals surface area contributed by atoms with Crippen molar-refractivity contribution in [3.05, 3.63) is 66.5 Å². The minimum atomic E-state index is 0.680. The van der Waals surface area contributed by atoms with E-state index in [9.17, 15) is 0 Å². The predicted octanol–water partition coefficient (Wildman–Crippen LogP) is 3.50. The molecular formula is C18H16N6. The van der Waals surface area contributed by atoms with E-state index in [1.54, 1.807) is 10.8 Å². The molecule has 2 heterocycles. The van der Waals surface area contributed by atoms with Gasteiger partial charge in [0.05, 0.1) is 5.71 Å². The van der Waals surface area contributed by atoms with Crippen LogP contribution in [0.5, 0.6) is 0 Å². The molecule has 0 atom stereocenters. The summed E-state index contributed by atoms with van der Waals surface area (Å²) in [4.78, 5) is 0. The van der Waals surface area contributed by atoms with E-state index in [4.69, 9.17) is 0 Å². The van der Waals surface area contributed by atoms with Gasteiger partial charge in [-0.3, -0.25) is 5.43 Å². The number of nitrogens with zero attached hydrogens (tertiary/aromatic N) is 5. The van der Waals surface area contributed by atoms with Gasteiger partial charge >= 0.3 is 0 Å². The Hall–Kier alpha value is -3.28. The van der Waals surface area contributed by atoms with Crippen molar-refractivity contribution < 1.29 is 0 Å². The van der Waals surface area contributed by atoms with E-state index in [1.807, 2.05) is 42.5 Å². The summed E-state index contributed by atoms with van der Waals surface area (Å²) in [5.74, 6) is 0.680. The molecule has 0 bridgehead atoms. The molecule has 0 fully saturated rings. The zero-order valence-corrected chi connectivity index (χ0v) is 13.2. The van der Waals surface area contributed by atoms with E-state index < -0.39 is 0 Å². The van der Waals surface area contributed by atoms with Crippen molar-refractivity contribution in [3.63, 3.8) is 0 Å². The molecule has 24 heavy (non-hydrogen) atoms. The van der Waals surface area contributed by atoms with E-state index >= 15 is 0 Å². The minimum Gasteiger partial charge on any atom is -0.259 e. The first-order chi connectivity index (χ1) is 11.9. The zero-order chi connectivity index (χ0) is 16.4. The number of hydrazone groups is 1. The molecule has 0 aliphatic rings. The van der Waals surface area contributed by atoms with Gasteiger partial charge in [-0.15, -0.1) is 15.3 Å². The Morgan fingerprint density at radius 3 is 2.58 bits per heavy atom. The van der Waals surface area contributed by atoms with Crippen LogP contribution in [0.2, 0.25) is 0 Å². The SMILES string of the molecule is CCC(=NNc1nn2cnnc2c2ccccc12)c1ccccc1. The fourth-order valence-corrected chi connectivity index (χ4v) is 2.71. The number of nitrogens with one attached hydrogen (secondary N) is 1. The molecular weight excluding hydrogens is 300 g/mol. The van der Waals surface area contributed by atoms with Gasteiger partial charge in [-0.25, -0.2) is 0 Å². The van der Waals surface area contributed by atoms with Crippen molar-refractivity contribution in [2.24, 2.45) is 5.10 Å². The third-order valence-electron chi connectivity index (χ3n) is 3.90. The molecule has 0 amide bonds. The maximum absolute atomic E-state index is 4.57. The number of aromatic nitrogens is 4. The quantitative estimate of drug-likeness (QED) is 0.462. The van der Waals surface area contributed by atoms with Crippen LogP contribution in [0.15, 0.2) is 66.0 Å². The van der Waals surface area contributed by atoms with Gasteiger partial charge in [0.2, 0.25) is 0 Å². The second-order valence-electron chi connectivity index (χ2n) is 5.38. The van der Waals surface area contributed by atoms with Crippen LogP contribution < -0.4 is 5.43 Å². The van der Waals surface area contributed by atoms with Crippen LogP contribution in [0.4, 0.5) is 5.82 Å². The molecule has 0 saturated heterocycles. The van der Waals surface area contributed by atoms with Crippen LogP contribution in [0, 0.1) is 0 Å². The number of hydrogen-bond acceptors (Lipinski definition) is 5. The molecule has 0 spiro atoms. The lowest BCUT2D eigenvalue weighted by atomic mass is 10.1. The topological polar surface area (TPSA) is 67.5 Å². The molecule has 6 heteroatoms. The van der Waals surface area contributed by atoms with Gasteiger partial charge < -0.3 is 0 Å². The van der Waals surface area contributed by atoms with E-state index in [1.165, 1.54) is 0 Å². The van der Waals surface area contributed by atoms with Crippen LogP contribution >= 0.6 is 0 Å². The summed E-state index contributed by atoms with van der Waals surface area (Å²) < 4.78 is 1.66. The summed E-state index contributed by atoms with van der Waals surface area (Å²) >= 11 is 0. The second kappa shape index (κ2) is 6.08. The van der Waals surface area contributed by atoms with Crippen LogP contribution in [0.1, 0.15) is 18.9 Å². The summed E-state index contributed by atoms with van der Waals surface area (Å²) in [6, 6.07) is 18.1. The van der Waals surface area contributed by atoms with Crippen molar-refractivity contribution in [2.75, 3.05) is 5.43 Å². The Labute approximate surface area is 138 Å². The molecule has 118 valence electrons. The summed E-state index contributed by atoms with van der Waals surface area (Å²) in [6.07, 6.45) is 2.42. The molecule has 0 aliphatic heterocycles. The number of benzene rings is 2. The summed E-state index contributed by atoms with van der Waals surface area (Å²) in [5.41, 5.74) is 5.93. The normalized spacial score (nSPS) is 12.0. The Morgan fingerprint density at radius 1 is 1.04 bits per heavy atom. The Morgan fingerprint density at radius 2 is 1.79 bits per heavy atom. The van der Waals surface area contributed by atoms with Gasteiger partial charge in [0, 0.05) is 10.8 Å². The van der Waals surface area contributed by atoms with E-state index in [0.717, 1.165) is 34.1 Å². The summed E-state index contributed by atoms with van der Waals surface area (Å²) in [6.45, 7) is 2.09. The van der Waals surface area contributed by atoms with Crippen LogP contribution in [0.3, 0.4) is 0 Å². The molecule has 2 aromatic heterocycles. The second-order valence-corrected chi connectivity index (χ2v) is 5.38. The van der Waals surface area contributed by atoms with Gasteiger partial charge in [0.1, 0.15) is 6.33 Å². The highest BCUT2D eigenvalue weighted by molar-refractivity contribution is 6.02. The molecule has 4 rings (SSSR count). The van der Waals surface area contributed by atoms with Crippen molar-refractivity contribution in [1.29, 1.82) is 0 Å². The van der Waals surface area contributed by atoms with Gasteiger partial charge in [-0.05, 0) is 12.0 Å². The zero-order valence-electron chi connectivity index (χ0n) is 13.2. The van der Waals surface area contributed by atoms with Gasteiger partial charge in [-0.1, -0.05) is 61.5 Å². The van der Waals surface area contributed by atoms with Gasteiger partial charge in [0.25, 0.3) is 0 Å². The Balaban J connectivity index is 1.79. The lowest BCUT2D eigenvalue weighted by Gasteiger charge is -2.08. The maximum atomic E-state index is 4.57. The molecule has 0 radical (unpaired) electrons. The lowest BCUT2D eigenvalue weighted by molar-refractivity contribution is 0.933. The Kier molecular flexibility index (Phi) is 3.63. The van der Waals surface area contributed by atoms with Crippen molar-refractivity contribution in [3.8, 4) is 0 Å². The molecule has 1 N–H and O–H groups in total. The molecule has 2 aromatic carbocycles. The number of rotatable bonds is 4. The largest absolute Gasteiger partial charge is 0.259 e. The Bertz CT molecular complexity index is 1020. The number of fused-ring (bicyclic) bond motifs is 3. The molecule has 0 saturated carbocycles. The summed E-state index contributed by atoms with van der Waals surface area (Å²) in [5, 5.41) is 19.1. The van der Waals surface area contributed by atoms with Gasteiger partial charge in [0.15, 0.2) is 11.5 Å². The van der Waals surface area contributed by atoms with Crippen LogP contribution in [-0.2, 0) is 0 Å². The van der Waals surface area contributed by atoms with Crippen molar-refractivity contribution >= 4 is 27.9 Å². The van der Waals surface area contributed by atoms with Crippen molar-refractivity contribution in [2.45, 2.75) is 13.3 Å². The molecule has 0 unspecified atom stereocenters. The first-order valence-electron chi connectivity index (χ1n) is 7.83. The first-order valence-corrected chi connectivity index (χ1v) is 7.83. The number of hydrogen-bond donors (Lipinski definition) is 1. The highest BCUT2D eigenvalue weighted by Crippen LogP contribution is 2.24. The first kappa shape index (κ1) is 14.3. The smallest absolute Gasteiger partial charge is 0.185 e. The molecule has 4 aromatic rings. The predicted molar refractivity (Wildman–Crippen MR) is 95.2 cm³/mol. The third kappa shape index (κ3) is 2.48. The lowest BCUT2D eigenvalue weighted by Crippen LogP contribution is -2.05. The molecule has 6 nitrogen and oxygen atoms in total. The number of anilines is 1. The van der Waals surface area contributed by atoms with E-state index in [2.05, 4.69) is 44.9 Å².